The van der Waals surface area contributed by atoms with Crippen LogP contribution in [0.5, 0.6) is 0 Å². The van der Waals surface area contributed by atoms with Gasteiger partial charge in [-0.1, -0.05) is 33.1 Å². The molecule has 11 heavy (non-hydrogen) atoms. The summed E-state index contributed by atoms with van der Waals surface area (Å²) < 4.78 is 0. The Labute approximate surface area is 70.5 Å². The van der Waals surface area contributed by atoms with Crippen molar-refractivity contribution in [3.05, 3.63) is 36.7 Å². The number of nitrogens with one attached hydrogen (secondary N) is 1. The van der Waals surface area contributed by atoms with Crippen LogP contribution in [0.3, 0.4) is 0 Å². The Morgan fingerprint density at radius 3 is 2.00 bits per heavy atom. The van der Waals surface area contributed by atoms with Gasteiger partial charge in [0.1, 0.15) is 0 Å². The molecule has 0 bridgehead atoms. The van der Waals surface area contributed by atoms with Gasteiger partial charge in [0.05, 0.1) is 0 Å². The van der Waals surface area contributed by atoms with Crippen LogP contribution in [-0.2, 0) is 0 Å². The highest BCUT2D eigenvalue weighted by molar-refractivity contribution is 5.10. The van der Waals surface area contributed by atoms with Gasteiger partial charge in [-0.15, -0.1) is 0 Å². The van der Waals surface area contributed by atoms with Crippen LogP contribution in [0.4, 0.5) is 0 Å². The lowest BCUT2D eigenvalue weighted by atomic mass is 10.4. The van der Waals surface area contributed by atoms with E-state index in [-0.39, 0.29) is 0 Å². The van der Waals surface area contributed by atoms with Crippen LogP contribution in [0, 0.1) is 0 Å². The van der Waals surface area contributed by atoms with Crippen LogP contribution in [-0.4, -0.2) is 0 Å². The first-order valence-electron chi connectivity index (χ1n) is 3.88. The highest BCUT2D eigenvalue weighted by Gasteiger charge is 1.82. The largest absolute Gasteiger partial charge is 0.363 e. The molecule has 1 nitrogen and oxygen atoms in total. The topological polar surface area (TPSA) is 12.0 Å². The van der Waals surface area contributed by atoms with Crippen molar-refractivity contribution >= 4 is 0 Å². The van der Waals surface area contributed by atoms with E-state index in [0.717, 1.165) is 11.4 Å². The van der Waals surface area contributed by atoms with E-state index in [9.17, 15) is 0 Å². The molecule has 0 aromatic carbocycles. The number of hydrogen-bond donors (Lipinski definition) is 1. The Bertz CT molecular complexity index is 143. The molecule has 0 unspecified atom stereocenters. The fourth-order valence-corrected chi connectivity index (χ4v) is 0.555. The molecular formula is C10H19N. The number of allylic oxidation sites excluding steroid dienone is 4. The second-order valence-electron chi connectivity index (χ2n) is 1.99. The highest BCUT2D eigenvalue weighted by atomic mass is 14.9. The predicted octanol–water partition coefficient (Wildman–Crippen LogP) is 3.23. The zero-order valence-corrected chi connectivity index (χ0v) is 8.07. The third-order valence-corrected chi connectivity index (χ3v) is 0.778. The lowest BCUT2D eigenvalue weighted by molar-refractivity contribution is 0.975. The predicted molar refractivity (Wildman–Crippen MR) is 53.3 cm³/mol. The Hall–Kier alpha value is -0.980. The Morgan fingerprint density at radius 1 is 1.27 bits per heavy atom. The molecule has 0 spiro atoms. The summed E-state index contributed by atoms with van der Waals surface area (Å²) in [5, 5.41) is 3.04. The number of rotatable bonds is 3. The van der Waals surface area contributed by atoms with Gasteiger partial charge in [-0.3, -0.25) is 0 Å². The molecule has 0 amide bonds. The summed E-state index contributed by atoms with van der Waals surface area (Å²) in [6.07, 6.45) is 3.64. The maximum absolute atomic E-state index is 3.69. The van der Waals surface area contributed by atoms with Crippen LogP contribution in [0.25, 0.3) is 0 Å². The van der Waals surface area contributed by atoms with Crippen molar-refractivity contribution in [2.24, 2.45) is 0 Å². The summed E-state index contributed by atoms with van der Waals surface area (Å²) in [6.45, 7) is 15.1. The second kappa shape index (κ2) is 9.02. The minimum atomic E-state index is 0.950. The van der Waals surface area contributed by atoms with E-state index in [1.54, 1.807) is 6.08 Å². The van der Waals surface area contributed by atoms with Crippen LogP contribution < -0.4 is 5.32 Å². The normalized spacial score (nSPS) is 9.27. The molecule has 0 saturated carbocycles. The molecule has 0 rings (SSSR count). The van der Waals surface area contributed by atoms with Gasteiger partial charge < -0.3 is 5.32 Å². The maximum atomic E-state index is 3.69. The third-order valence-electron chi connectivity index (χ3n) is 0.778. The summed E-state index contributed by atoms with van der Waals surface area (Å²) in [5.41, 5.74) is 2.02. The molecule has 0 aliphatic heterocycles. The molecular weight excluding hydrogens is 134 g/mol. The second-order valence-corrected chi connectivity index (χ2v) is 1.99. The summed E-state index contributed by atoms with van der Waals surface area (Å²) in [4.78, 5) is 0. The van der Waals surface area contributed by atoms with Crippen LogP contribution >= 0.6 is 0 Å². The maximum Gasteiger partial charge on any atom is 0.0116 e. The molecule has 1 heteroatoms. The van der Waals surface area contributed by atoms with Crippen LogP contribution in [0.1, 0.15) is 27.7 Å². The van der Waals surface area contributed by atoms with Gasteiger partial charge in [0.25, 0.3) is 0 Å². The van der Waals surface area contributed by atoms with Crippen molar-refractivity contribution in [3.8, 4) is 0 Å². The monoisotopic (exact) mass is 153 g/mol. The summed E-state index contributed by atoms with van der Waals surface area (Å²) in [6, 6.07) is 0. The third kappa shape index (κ3) is 12.3. The van der Waals surface area contributed by atoms with Gasteiger partial charge in [-0.05, 0) is 19.9 Å². The summed E-state index contributed by atoms with van der Waals surface area (Å²) in [5.74, 6) is 0. The SMILES string of the molecule is C=C/C=C(\C)NC(=C)C.CC. The Balaban J connectivity index is 0. The first kappa shape index (κ1) is 12.7. The minimum Gasteiger partial charge on any atom is -0.363 e. The minimum absolute atomic E-state index is 0.950. The van der Waals surface area contributed by atoms with Gasteiger partial charge in [-0.25, -0.2) is 0 Å². The average molecular weight is 153 g/mol. The molecule has 0 radical (unpaired) electrons. The molecule has 0 fully saturated rings. The van der Waals surface area contributed by atoms with E-state index >= 15 is 0 Å². The van der Waals surface area contributed by atoms with Crippen LogP contribution in [0.2, 0.25) is 0 Å². The molecule has 0 atom stereocenters. The van der Waals surface area contributed by atoms with Gasteiger partial charge >= 0.3 is 0 Å². The van der Waals surface area contributed by atoms with E-state index in [4.69, 9.17) is 0 Å². The van der Waals surface area contributed by atoms with E-state index in [2.05, 4.69) is 18.5 Å². The van der Waals surface area contributed by atoms with E-state index in [1.807, 2.05) is 33.8 Å². The van der Waals surface area contributed by atoms with Crippen molar-refractivity contribution in [2.75, 3.05) is 0 Å². The summed E-state index contributed by atoms with van der Waals surface area (Å²) >= 11 is 0. The smallest absolute Gasteiger partial charge is 0.0116 e. The first-order valence-corrected chi connectivity index (χ1v) is 3.88. The van der Waals surface area contributed by atoms with Crippen molar-refractivity contribution < 1.29 is 0 Å². The van der Waals surface area contributed by atoms with Gasteiger partial charge in [-0.2, -0.15) is 0 Å². The van der Waals surface area contributed by atoms with Crippen molar-refractivity contribution in [1.29, 1.82) is 0 Å². The molecule has 0 saturated heterocycles. The molecule has 1 N–H and O–H groups in total. The van der Waals surface area contributed by atoms with Gasteiger partial charge in [0, 0.05) is 11.4 Å². The molecule has 0 heterocycles. The number of hydrogen-bond acceptors (Lipinski definition) is 1. The van der Waals surface area contributed by atoms with E-state index in [1.165, 1.54) is 0 Å². The first-order chi connectivity index (χ1) is 5.16. The zero-order chi connectivity index (χ0) is 9.28. The van der Waals surface area contributed by atoms with Gasteiger partial charge in [0.15, 0.2) is 0 Å². The standard InChI is InChI=1S/C8H13N.C2H6/c1-5-6-8(4)9-7(2)3;1-2/h5-6,9H,1-2H2,3-4H3;1-2H3/b8-6+;. The molecule has 0 aromatic heterocycles. The molecule has 0 aliphatic carbocycles. The van der Waals surface area contributed by atoms with Crippen molar-refractivity contribution in [2.45, 2.75) is 27.7 Å². The zero-order valence-electron chi connectivity index (χ0n) is 8.07. The quantitative estimate of drug-likeness (QED) is 0.614. The Morgan fingerprint density at radius 2 is 1.73 bits per heavy atom. The molecule has 0 aromatic rings. The van der Waals surface area contributed by atoms with Crippen LogP contribution in [0.15, 0.2) is 36.7 Å². The van der Waals surface area contributed by atoms with Gasteiger partial charge in [0.2, 0.25) is 0 Å². The molecule has 0 aliphatic rings. The fourth-order valence-electron chi connectivity index (χ4n) is 0.555. The van der Waals surface area contributed by atoms with E-state index < -0.39 is 0 Å². The highest BCUT2D eigenvalue weighted by Crippen LogP contribution is 1.90. The lowest BCUT2D eigenvalue weighted by Gasteiger charge is -2.02. The van der Waals surface area contributed by atoms with Crippen molar-refractivity contribution in [3.63, 3.8) is 0 Å². The van der Waals surface area contributed by atoms with E-state index in [0.29, 0.717) is 0 Å². The molecule has 64 valence electrons. The average Bonchev–Trinajstić information content (AvgIpc) is 1.91. The van der Waals surface area contributed by atoms with Crippen molar-refractivity contribution in [1.82, 2.24) is 5.32 Å². The fraction of sp³-hybridized carbons (Fsp3) is 0.400. The summed E-state index contributed by atoms with van der Waals surface area (Å²) in [7, 11) is 0. The lowest BCUT2D eigenvalue weighted by Crippen LogP contribution is -2.05. The Kier molecular flexibility index (Phi) is 10.4.